The van der Waals surface area contributed by atoms with Gasteiger partial charge in [-0.2, -0.15) is 0 Å². The van der Waals surface area contributed by atoms with Crippen LogP contribution in [0.1, 0.15) is 58.3 Å². The van der Waals surface area contributed by atoms with E-state index in [9.17, 15) is 14.4 Å². The second kappa shape index (κ2) is 13.5. The molecule has 2 heterocycles. The number of esters is 1. The maximum Gasteiger partial charge on any atom is 0.341 e. The van der Waals surface area contributed by atoms with Crippen molar-refractivity contribution in [2.45, 2.75) is 56.7 Å². The van der Waals surface area contributed by atoms with E-state index in [0.29, 0.717) is 42.4 Å². The standard InChI is InChI=1S/C32H35N3O5S2/c1-4-39-22-15-13-21(14-16-22)30(37)33-17-18-35-19-27(23-9-6-7-11-25(23)35)41-20(3)29(36)34-31-28(32(38)40-5-2)24-10-8-12-26(24)42-31/h6-7,9,11,13-16,19-20H,4-5,8,10,12,17-18H2,1-3H3,(H,33,37)(H,34,36)/t20-/m0/s1. The number of fused-ring (bicyclic) bond motifs is 2. The normalized spacial score (nSPS) is 13.0. The molecule has 8 nitrogen and oxygen atoms in total. The Morgan fingerprint density at radius 1 is 1.05 bits per heavy atom. The summed E-state index contributed by atoms with van der Waals surface area (Å²) in [5.41, 5.74) is 3.15. The molecule has 10 heteroatoms. The summed E-state index contributed by atoms with van der Waals surface area (Å²) >= 11 is 2.96. The van der Waals surface area contributed by atoms with Gasteiger partial charge in [-0.25, -0.2) is 4.79 Å². The number of nitrogens with one attached hydrogen (secondary N) is 2. The van der Waals surface area contributed by atoms with Crippen LogP contribution in [0.4, 0.5) is 5.00 Å². The number of rotatable bonds is 12. The summed E-state index contributed by atoms with van der Waals surface area (Å²) in [5.74, 6) is 0.0607. The Morgan fingerprint density at radius 2 is 1.83 bits per heavy atom. The number of aryl methyl sites for hydroxylation is 1. The fourth-order valence-electron chi connectivity index (χ4n) is 5.12. The Hall–Kier alpha value is -3.76. The number of aromatic nitrogens is 1. The fourth-order valence-corrected chi connectivity index (χ4v) is 7.44. The minimum absolute atomic E-state index is 0.142. The number of amides is 2. The van der Waals surface area contributed by atoms with Gasteiger partial charge in [0.2, 0.25) is 5.91 Å². The zero-order valence-electron chi connectivity index (χ0n) is 24.0. The first-order valence-electron chi connectivity index (χ1n) is 14.3. The molecule has 2 aromatic heterocycles. The highest BCUT2D eigenvalue weighted by molar-refractivity contribution is 8.00. The molecule has 0 fully saturated rings. The van der Waals surface area contributed by atoms with E-state index in [2.05, 4.69) is 15.2 Å². The van der Waals surface area contributed by atoms with Crippen molar-refractivity contribution in [3.8, 4) is 5.75 Å². The average Bonchev–Trinajstić information content (AvgIpc) is 3.67. The van der Waals surface area contributed by atoms with Crippen LogP contribution < -0.4 is 15.4 Å². The summed E-state index contributed by atoms with van der Waals surface area (Å²) in [4.78, 5) is 40.8. The van der Waals surface area contributed by atoms with Crippen molar-refractivity contribution < 1.29 is 23.9 Å². The van der Waals surface area contributed by atoms with E-state index < -0.39 is 5.25 Å². The molecule has 0 unspecified atom stereocenters. The second-order valence-electron chi connectivity index (χ2n) is 9.95. The predicted molar refractivity (Wildman–Crippen MR) is 168 cm³/mol. The summed E-state index contributed by atoms with van der Waals surface area (Å²) in [6.07, 6.45) is 4.81. The molecule has 1 atom stereocenters. The summed E-state index contributed by atoms with van der Waals surface area (Å²) in [7, 11) is 0. The van der Waals surface area contributed by atoms with Gasteiger partial charge in [-0.05, 0) is 75.9 Å². The monoisotopic (exact) mass is 605 g/mol. The van der Waals surface area contributed by atoms with Crippen molar-refractivity contribution in [1.29, 1.82) is 0 Å². The van der Waals surface area contributed by atoms with Gasteiger partial charge >= 0.3 is 5.97 Å². The number of ether oxygens (including phenoxy) is 2. The molecule has 0 bridgehead atoms. The number of benzene rings is 2. The van der Waals surface area contributed by atoms with Crippen LogP contribution in [0.5, 0.6) is 5.75 Å². The minimum atomic E-state index is -0.407. The number of thioether (sulfide) groups is 1. The summed E-state index contributed by atoms with van der Waals surface area (Å²) in [6, 6.07) is 15.1. The smallest absolute Gasteiger partial charge is 0.341 e. The molecule has 0 radical (unpaired) electrons. The lowest BCUT2D eigenvalue weighted by Gasteiger charge is -2.12. The molecule has 5 rings (SSSR count). The molecule has 1 aliphatic rings. The van der Waals surface area contributed by atoms with Gasteiger partial charge in [0, 0.05) is 45.5 Å². The van der Waals surface area contributed by atoms with Crippen LogP contribution in [-0.4, -0.2) is 47.4 Å². The molecule has 0 saturated heterocycles. The van der Waals surface area contributed by atoms with Crippen LogP contribution in [0.25, 0.3) is 10.9 Å². The molecule has 0 spiro atoms. The third-order valence-corrected chi connectivity index (χ3v) is 9.48. The van der Waals surface area contributed by atoms with Crippen molar-refractivity contribution in [1.82, 2.24) is 9.88 Å². The Bertz CT molecular complexity index is 1590. The highest BCUT2D eigenvalue weighted by atomic mass is 32.2. The second-order valence-corrected chi connectivity index (χ2v) is 12.4. The lowest BCUT2D eigenvalue weighted by Crippen LogP contribution is -2.27. The summed E-state index contributed by atoms with van der Waals surface area (Å²) in [5, 5.41) is 7.23. The van der Waals surface area contributed by atoms with Crippen LogP contribution in [0.15, 0.2) is 59.6 Å². The largest absolute Gasteiger partial charge is 0.494 e. The summed E-state index contributed by atoms with van der Waals surface area (Å²) < 4.78 is 12.9. The van der Waals surface area contributed by atoms with Crippen LogP contribution in [0, 0.1) is 0 Å². The average molecular weight is 606 g/mol. The first kappa shape index (κ1) is 29.7. The minimum Gasteiger partial charge on any atom is -0.494 e. The van der Waals surface area contributed by atoms with E-state index in [4.69, 9.17) is 9.47 Å². The molecule has 0 aliphatic heterocycles. The van der Waals surface area contributed by atoms with Crippen molar-refractivity contribution in [2.75, 3.05) is 25.1 Å². The van der Waals surface area contributed by atoms with Crippen molar-refractivity contribution in [3.63, 3.8) is 0 Å². The van der Waals surface area contributed by atoms with Crippen LogP contribution >= 0.6 is 23.1 Å². The van der Waals surface area contributed by atoms with Gasteiger partial charge < -0.3 is 24.7 Å². The van der Waals surface area contributed by atoms with E-state index in [1.165, 1.54) is 23.1 Å². The van der Waals surface area contributed by atoms with E-state index >= 15 is 0 Å². The third-order valence-electron chi connectivity index (χ3n) is 7.13. The molecular weight excluding hydrogens is 571 g/mol. The van der Waals surface area contributed by atoms with Crippen molar-refractivity contribution in [3.05, 3.63) is 76.3 Å². The van der Waals surface area contributed by atoms with Crippen LogP contribution in [0.2, 0.25) is 0 Å². The molecule has 0 saturated carbocycles. The Morgan fingerprint density at radius 3 is 2.60 bits per heavy atom. The maximum atomic E-state index is 13.3. The molecule has 2 N–H and O–H groups in total. The van der Waals surface area contributed by atoms with Gasteiger partial charge in [0.25, 0.3) is 5.91 Å². The highest BCUT2D eigenvalue weighted by Gasteiger charge is 2.29. The number of para-hydroxylation sites is 1. The number of hydrogen-bond acceptors (Lipinski definition) is 7. The first-order valence-corrected chi connectivity index (χ1v) is 16.0. The van der Waals surface area contributed by atoms with E-state index in [0.717, 1.165) is 51.3 Å². The zero-order chi connectivity index (χ0) is 29.6. The van der Waals surface area contributed by atoms with Crippen LogP contribution in [0.3, 0.4) is 0 Å². The Kier molecular flexibility index (Phi) is 9.54. The number of carbonyl (C=O) groups excluding carboxylic acids is 3. The quantitative estimate of drug-likeness (QED) is 0.145. The number of hydrogen-bond donors (Lipinski definition) is 2. The van der Waals surface area contributed by atoms with E-state index in [1.807, 2.05) is 44.3 Å². The number of nitrogens with zero attached hydrogens (tertiary/aromatic N) is 1. The van der Waals surface area contributed by atoms with Gasteiger partial charge in [-0.15, -0.1) is 23.1 Å². The van der Waals surface area contributed by atoms with Crippen LogP contribution in [-0.2, 0) is 28.9 Å². The number of carbonyl (C=O) groups is 3. The lowest BCUT2D eigenvalue weighted by molar-refractivity contribution is -0.115. The topological polar surface area (TPSA) is 98.7 Å². The van der Waals surface area contributed by atoms with Gasteiger partial charge in [0.1, 0.15) is 10.8 Å². The van der Waals surface area contributed by atoms with Crippen molar-refractivity contribution in [2.24, 2.45) is 0 Å². The molecule has 2 amide bonds. The molecule has 1 aliphatic carbocycles. The third kappa shape index (κ3) is 6.50. The van der Waals surface area contributed by atoms with Gasteiger partial charge in [0.15, 0.2) is 0 Å². The zero-order valence-corrected chi connectivity index (χ0v) is 25.7. The fraction of sp³-hybridized carbons (Fsp3) is 0.344. The van der Waals surface area contributed by atoms with Gasteiger partial charge in [0.05, 0.1) is 24.0 Å². The van der Waals surface area contributed by atoms with E-state index in [1.54, 1.807) is 31.2 Å². The van der Waals surface area contributed by atoms with Gasteiger partial charge in [-0.1, -0.05) is 18.2 Å². The lowest BCUT2D eigenvalue weighted by atomic mass is 10.1. The maximum absolute atomic E-state index is 13.3. The SMILES string of the molecule is CCOC(=O)c1c(NC(=O)[C@H](C)Sc2cn(CCNC(=O)c3ccc(OCC)cc3)c3ccccc23)sc2c1CCC2. The molecule has 2 aromatic carbocycles. The number of thiophene rings is 1. The molecule has 220 valence electrons. The molecule has 42 heavy (non-hydrogen) atoms. The Labute approximate surface area is 253 Å². The van der Waals surface area contributed by atoms with Crippen molar-refractivity contribution >= 4 is 56.8 Å². The summed E-state index contributed by atoms with van der Waals surface area (Å²) in [6.45, 7) is 7.47. The first-order chi connectivity index (χ1) is 20.4. The van der Waals surface area contributed by atoms with Gasteiger partial charge in [-0.3, -0.25) is 9.59 Å². The molecular formula is C32H35N3O5S2. The highest BCUT2D eigenvalue weighted by Crippen LogP contribution is 2.40. The molecule has 4 aromatic rings. The number of anilines is 1. The van der Waals surface area contributed by atoms with E-state index in [-0.39, 0.29) is 17.8 Å². The predicted octanol–water partition coefficient (Wildman–Crippen LogP) is 6.32. The Balaban J connectivity index is 1.24.